The summed E-state index contributed by atoms with van der Waals surface area (Å²) in [6.45, 7) is 0. The zero-order valence-electron chi connectivity index (χ0n) is 6.73. The molecule has 0 aromatic heterocycles. The maximum absolute atomic E-state index is 10.1. The normalized spacial score (nSPS) is 14.2. The molecule has 1 rings (SSSR count). The summed E-state index contributed by atoms with van der Waals surface area (Å²) in [5, 5.41) is 8.34. The molecule has 0 aromatic carbocycles. The molecule has 0 radical (unpaired) electrons. The molecule has 0 unspecified atom stereocenters. The Morgan fingerprint density at radius 2 is 2.00 bits per heavy atom. The fraction of sp³-hybridized carbons (Fsp3) is 0.500. The van der Waals surface area contributed by atoms with Crippen molar-refractivity contribution in [2.45, 2.75) is 25.7 Å². The van der Waals surface area contributed by atoms with Crippen LogP contribution < -0.4 is 0 Å². The van der Waals surface area contributed by atoms with Crippen molar-refractivity contribution < 1.29 is 9.90 Å². The number of hydrogen-bond acceptors (Lipinski definition) is 3. The predicted molar refractivity (Wildman–Crippen MR) is 46.3 cm³/mol. The third kappa shape index (κ3) is 3.18. The molecule has 0 aliphatic carbocycles. The largest absolute Gasteiger partial charge is 0.481 e. The Kier molecular flexibility index (Phi) is 3.32. The SMILES string of the molecule is O=C(O)CCCC[C+]1N=CC=N1. The molecule has 1 heterocycles. The van der Waals surface area contributed by atoms with E-state index in [1.807, 2.05) is 0 Å². The molecule has 0 fully saturated rings. The second-order valence-electron chi connectivity index (χ2n) is 2.57. The Hall–Kier alpha value is -1.32. The third-order valence-electron chi connectivity index (χ3n) is 1.55. The van der Waals surface area contributed by atoms with Crippen LogP contribution in [-0.4, -0.2) is 23.5 Å². The highest BCUT2D eigenvalue weighted by Crippen LogP contribution is 2.16. The van der Waals surface area contributed by atoms with Crippen LogP contribution in [-0.2, 0) is 4.79 Å². The number of aliphatic imine (C=N–C) groups is 2. The van der Waals surface area contributed by atoms with Crippen molar-refractivity contribution in [3.63, 3.8) is 0 Å². The van der Waals surface area contributed by atoms with Crippen LogP contribution in [0.5, 0.6) is 0 Å². The Balaban J connectivity index is 1.99. The van der Waals surface area contributed by atoms with Crippen molar-refractivity contribution in [3.05, 3.63) is 6.17 Å². The fourth-order valence-corrected chi connectivity index (χ4v) is 0.961. The van der Waals surface area contributed by atoms with Gasteiger partial charge in [0.05, 0.1) is 6.42 Å². The van der Waals surface area contributed by atoms with Crippen LogP contribution in [0.15, 0.2) is 9.98 Å². The van der Waals surface area contributed by atoms with Gasteiger partial charge in [-0.1, -0.05) is 9.98 Å². The van der Waals surface area contributed by atoms with Crippen molar-refractivity contribution >= 4 is 18.4 Å². The lowest BCUT2D eigenvalue weighted by molar-refractivity contribution is -0.137. The van der Waals surface area contributed by atoms with Crippen LogP contribution in [0.2, 0.25) is 0 Å². The van der Waals surface area contributed by atoms with Crippen LogP contribution >= 0.6 is 0 Å². The molecule has 0 spiro atoms. The Morgan fingerprint density at radius 1 is 1.33 bits per heavy atom. The van der Waals surface area contributed by atoms with Crippen LogP contribution in [0.4, 0.5) is 0 Å². The van der Waals surface area contributed by atoms with Gasteiger partial charge in [0.2, 0.25) is 6.17 Å². The molecule has 0 amide bonds. The number of carbonyl (C=O) groups is 1. The van der Waals surface area contributed by atoms with E-state index >= 15 is 0 Å². The molecule has 4 nitrogen and oxygen atoms in total. The van der Waals surface area contributed by atoms with E-state index in [0.717, 1.165) is 19.0 Å². The summed E-state index contributed by atoms with van der Waals surface area (Å²) in [5.74, 6) is -0.738. The van der Waals surface area contributed by atoms with Gasteiger partial charge < -0.3 is 5.11 Å². The predicted octanol–water partition coefficient (Wildman–Crippen LogP) is 1.28. The first-order valence-electron chi connectivity index (χ1n) is 3.93. The summed E-state index contributed by atoms with van der Waals surface area (Å²) in [5.41, 5.74) is 0. The second-order valence-corrected chi connectivity index (χ2v) is 2.57. The highest BCUT2D eigenvalue weighted by atomic mass is 16.4. The van der Waals surface area contributed by atoms with Crippen molar-refractivity contribution in [2.24, 2.45) is 9.98 Å². The van der Waals surface area contributed by atoms with Gasteiger partial charge in [-0.15, -0.1) is 0 Å². The quantitative estimate of drug-likeness (QED) is 0.495. The highest BCUT2D eigenvalue weighted by molar-refractivity contribution is 6.18. The van der Waals surface area contributed by atoms with Crippen molar-refractivity contribution in [1.82, 2.24) is 0 Å². The molecule has 0 aromatic rings. The first-order chi connectivity index (χ1) is 5.79. The van der Waals surface area contributed by atoms with Gasteiger partial charge >= 0.3 is 5.97 Å². The third-order valence-corrected chi connectivity index (χ3v) is 1.55. The molecule has 0 atom stereocenters. The molecule has 0 saturated heterocycles. The van der Waals surface area contributed by atoms with Gasteiger partial charge in [0.15, 0.2) is 12.4 Å². The molecule has 0 bridgehead atoms. The molecule has 64 valence electrons. The van der Waals surface area contributed by atoms with Crippen molar-refractivity contribution in [2.75, 3.05) is 0 Å². The van der Waals surface area contributed by atoms with Gasteiger partial charge in [-0.05, 0) is 12.8 Å². The van der Waals surface area contributed by atoms with Gasteiger partial charge in [-0.25, -0.2) is 0 Å². The molecule has 0 saturated carbocycles. The first kappa shape index (κ1) is 8.77. The van der Waals surface area contributed by atoms with E-state index in [2.05, 4.69) is 9.98 Å². The fourth-order valence-electron chi connectivity index (χ4n) is 0.961. The Morgan fingerprint density at radius 3 is 2.58 bits per heavy atom. The number of carboxylic acids is 1. The van der Waals surface area contributed by atoms with Crippen LogP contribution in [0, 0.1) is 6.17 Å². The van der Waals surface area contributed by atoms with E-state index in [4.69, 9.17) is 5.11 Å². The standard InChI is InChI=1S/C8H10N2O2/c11-8(12)4-2-1-3-7-9-5-6-10-7/h5-6H,1-4H2/p+1. The van der Waals surface area contributed by atoms with Crippen molar-refractivity contribution in [1.29, 1.82) is 0 Å². The van der Waals surface area contributed by atoms with Gasteiger partial charge in [-0.3, -0.25) is 4.79 Å². The monoisotopic (exact) mass is 167 g/mol. The molecular formula is C8H11N2O2+. The summed E-state index contributed by atoms with van der Waals surface area (Å²) < 4.78 is 0. The smallest absolute Gasteiger partial charge is 0.303 e. The number of hydrogen-bond donors (Lipinski definition) is 1. The lowest BCUT2D eigenvalue weighted by Crippen LogP contribution is -1.94. The van der Waals surface area contributed by atoms with Crippen molar-refractivity contribution in [3.8, 4) is 0 Å². The van der Waals surface area contributed by atoms with Gasteiger partial charge in [0, 0.05) is 6.42 Å². The summed E-state index contributed by atoms with van der Waals surface area (Å²) in [4.78, 5) is 18.1. The van der Waals surface area contributed by atoms with E-state index in [1.54, 1.807) is 12.4 Å². The topological polar surface area (TPSA) is 62.0 Å². The highest BCUT2D eigenvalue weighted by Gasteiger charge is 2.14. The minimum atomic E-state index is -0.738. The summed E-state index contributed by atoms with van der Waals surface area (Å²) in [6, 6.07) is 0. The van der Waals surface area contributed by atoms with Crippen LogP contribution in [0.1, 0.15) is 25.7 Å². The van der Waals surface area contributed by atoms with Crippen LogP contribution in [0.3, 0.4) is 0 Å². The number of rotatable bonds is 5. The number of carboxylic acid groups (broad SMARTS) is 1. The molecule has 4 heteroatoms. The van der Waals surface area contributed by atoms with Gasteiger partial charge in [0.25, 0.3) is 0 Å². The lowest BCUT2D eigenvalue weighted by Gasteiger charge is -1.95. The van der Waals surface area contributed by atoms with Gasteiger partial charge in [0.1, 0.15) is 0 Å². The van der Waals surface area contributed by atoms with E-state index in [-0.39, 0.29) is 6.42 Å². The van der Waals surface area contributed by atoms with E-state index in [0.29, 0.717) is 6.42 Å². The number of aliphatic carboxylic acids is 1. The first-order valence-corrected chi connectivity index (χ1v) is 3.93. The summed E-state index contributed by atoms with van der Waals surface area (Å²) in [7, 11) is 0. The molecule has 1 N–H and O–H groups in total. The molecule has 1 aliphatic heterocycles. The average Bonchev–Trinajstić information content (AvgIpc) is 2.49. The Labute approximate surface area is 71.0 Å². The van der Waals surface area contributed by atoms with E-state index in [9.17, 15) is 4.79 Å². The zero-order chi connectivity index (χ0) is 8.81. The summed E-state index contributed by atoms with van der Waals surface area (Å²) in [6.07, 6.45) is 6.65. The molecule has 1 aliphatic rings. The number of unbranched alkanes of at least 4 members (excludes halogenated alkanes) is 1. The average molecular weight is 167 g/mol. The minimum absolute atomic E-state index is 0.237. The van der Waals surface area contributed by atoms with Gasteiger partial charge in [-0.2, -0.15) is 0 Å². The van der Waals surface area contributed by atoms with Crippen LogP contribution in [0.25, 0.3) is 0 Å². The maximum atomic E-state index is 10.1. The molecular weight excluding hydrogens is 156 g/mol. The van der Waals surface area contributed by atoms with E-state index < -0.39 is 5.97 Å². The van der Waals surface area contributed by atoms with E-state index in [1.165, 1.54) is 0 Å². The molecule has 12 heavy (non-hydrogen) atoms. The lowest BCUT2D eigenvalue weighted by atomic mass is 10.2. The summed E-state index contributed by atoms with van der Waals surface area (Å²) >= 11 is 0. The Bertz CT molecular complexity index is 199. The maximum Gasteiger partial charge on any atom is 0.303 e. The zero-order valence-corrected chi connectivity index (χ0v) is 6.73. The second kappa shape index (κ2) is 4.54. The number of nitrogens with zero attached hydrogens (tertiary/aromatic N) is 2. The minimum Gasteiger partial charge on any atom is -0.481 e.